The van der Waals surface area contributed by atoms with E-state index < -0.39 is 0 Å². The molecule has 0 bridgehead atoms. The SMILES string of the molecule is CC(C)NCc1c(Br)cnn1C(C)C. The van der Waals surface area contributed by atoms with Crippen LogP contribution >= 0.6 is 15.9 Å². The molecular weight excluding hydrogens is 242 g/mol. The van der Waals surface area contributed by atoms with Crippen molar-refractivity contribution in [2.75, 3.05) is 0 Å². The summed E-state index contributed by atoms with van der Waals surface area (Å²) < 4.78 is 3.12. The maximum Gasteiger partial charge on any atom is 0.0667 e. The highest BCUT2D eigenvalue weighted by Crippen LogP contribution is 2.19. The van der Waals surface area contributed by atoms with E-state index in [-0.39, 0.29) is 0 Å². The molecule has 0 aromatic carbocycles. The first kappa shape index (κ1) is 11.7. The zero-order chi connectivity index (χ0) is 10.7. The van der Waals surface area contributed by atoms with Gasteiger partial charge in [-0.25, -0.2) is 0 Å². The predicted molar refractivity (Wildman–Crippen MR) is 62.3 cm³/mol. The molecular formula is C10H18BrN3. The summed E-state index contributed by atoms with van der Waals surface area (Å²) in [6, 6.07) is 0.905. The Morgan fingerprint density at radius 2 is 2.07 bits per heavy atom. The van der Waals surface area contributed by atoms with Crippen LogP contribution in [0.4, 0.5) is 0 Å². The molecule has 1 rings (SSSR count). The van der Waals surface area contributed by atoms with Crippen LogP contribution < -0.4 is 5.32 Å². The minimum Gasteiger partial charge on any atom is -0.309 e. The zero-order valence-corrected chi connectivity index (χ0v) is 10.8. The Morgan fingerprint density at radius 1 is 1.43 bits per heavy atom. The molecule has 1 aromatic heterocycles. The van der Waals surface area contributed by atoms with Gasteiger partial charge in [0.05, 0.1) is 16.4 Å². The second-order valence-electron chi connectivity index (χ2n) is 4.01. The van der Waals surface area contributed by atoms with Gasteiger partial charge in [0.2, 0.25) is 0 Å². The average molecular weight is 260 g/mol. The second kappa shape index (κ2) is 4.94. The molecule has 0 radical (unpaired) electrons. The fraction of sp³-hybridized carbons (Fsp3) is 0.700. The molecule has 0 aliphatic carbocycles. The summed E-state index contributed by atoms with van der Waals surface area (Å²) in [5.74, 6) is 0. The van der Waals surface area contributed by atoms with E-state index in [0.29, 0.717) is 12.1 Å². The van der Waals surface area contributed by atoms with Gasteiger partial charge in [0, 0.05) is 18.6 Å². The summed E-state index contributed by atoms with van der Waals surface area (Å²) in [6.07, 6.45) is 1.86. The highest BCUT2D eigenvalue weighted by Gasteiger charge is 2.10. The molecule has 1 N–H and O–H groups in total. The monoisotopic (exact) mass is 259 g/mol. The predicted octanol–water partition coefficient (Wildman–Crippen LogP) is 2.72. The van der Waals surface area contributed by atoms with Gasteiger partial charge in [-0.3, -0.25) is 4.68 Å². The van der Waals surface area contributed by atoms with Crippen molar-refractivity contribution in [3.63, 3.8) is 0 Å². The first-order valence-corrected chi connectivity index (χ1v) is 5.77. The van der Waals surface area contributed by atoms with E-state index in [1.54, 1.807) is 0 Å². The third-order valence-electron chi connectivity index (χ3n) is 2.01. The maximum atomic E-state index is 4.32. The number of nitrogens with zero attached hydrogens (tertiary/aromatic N) is 2. The summed E-state index contributed by atoms with van der Waals surface area (Å²) in [5.41, 5.74) is 1.22. The summed E-state index contributed by atoms with van der Waals surface area (Å²) in [6.45, 7) is 9.42. The van der Waals surface area contributed by atoms with Crippen LogP contribution in [0.2, 0.25) is 0 Å². The molecule has 0 spiro atoms. The quantitative estimate of drug-likeness (QED) is 0.902. The normalized spacial score (nSPS) is 11.6. The van der Waals surface area contributed by atoms with Crippen LogP contribution in [-0.4, -0.2) is 15.8 Å². The summed E-state index contributed by atoms with van der Waals surface area (Å²) in [5, 5.41) is 7.72. The molecule has 4 heteroatoms. The summed E-state index contributed by atoms with van der Waals surface area (Å²) in [7, 11) is 0. The third kappa shape index (κ3) is 2.82. The first-order chi connectivity index (χ1) is 6.52. The van der Waals surface area contributed by atoms with Crippen LogP contribution in [0.5, 0.6) is 0 Å². The third-order valence-corrected chi connectivity index (χ3v) is 2.68. The molecule has 0 saturated heterocycles. The number of halogens is 1. The molecule has 14 heavy (non-hydrogen) atoms. The second-order valence-corrected chi connectivity index (χ2v) is 4.87. The van der Waals surface area contributed by atoms with Gasteiger partial charge in [0.25, 0.3) is 0 Å². The van der Waals surface area contributed by atoms with E-state index in [9.17, 15) is 0 Å². The van der Waals surface area contributed by atoms with Crippen molar-refractivity contribution >= 4 is 15.9 Å². The van der Waals surface area contributed by atoms with Gasteiger partial charge in [-0.05, 0) is 29.8 Å². The first-order valence-electron chi connectivity index (χ1n) is 4.97. The Morgan fingerprint density at radius 3 is 2.57 bits per heavy atom. The lowest BCUT2D eigenvalue weighted by atomic mass is 10.3. The smallest absolute Gasteiger partial charge is 0.0667 e. The van der Waals surface area contributed by atoms with Gasteiger partial charge in [-0.2, -0.15) is 5.10 Å². The van der Waals surface area contributed by atoms with Crippen molar-refractivity contribution in [3.05, 3.63) is 16.4 Å². The Hall–Kier alpha value is -0.350. The molecule has 0 fully saturated rings. The number of hydrogen-bond donors (Lipinski definition) is 1. The molecule has 0 aliphatic rings. The molecule has 0 aliphatic heterocycles. The molecule has 0 saturated carbocycles. The summed E-state index contributed by atoms with van der Waals surface area (Å²) in [4.78, 5) is 0. The van der Waals surface area contributed by atoms with Crippen LogP contribution in [0.1, 0.15) is 39.4 Å². The Kier molecular flexibility index (Phi) is 4.13. The van der Waals surface area contributed by atoms with Crippen molar-refractivity contribution in [1.29, 1.82) is 0 Å². The molecule has 0 amide bonds. The standard InChI is InChI=1S/C10H18BrN3/c1-7(2)12-6-10-9(11)5-13-14(10)8(3)4/h5,7-8,12H,6H2,1-4H3. The highest BCUT2D eigenvalue weighted by atomic mass is 79.9. The topological polar surface area (TPSA) is 29.9 Å². The van der Waals surface area contributed by atoms with Gasteiger partial charge in [-0.1, -0.05) is 13.8 Å². The van der Waals surface area contributed by atoms with Crippen molar-refractivity contribution in [3.8, 4) is 0 Å². The van der Waals surface area contributed by atoms with Crippen molar-refractivity contribution in [2.24, 2.45) is 0 Å². The lowest BCUT2D eigenvalue weighted by Gasteiger charge is -2.13. The fourth-order valence-electron chi connectivity index (χ4n) is 1.28. The molecule has 0 atom stereocenters. The van der Waals surface area contributed by atoms with E-state index in [2.05, 4.69) is 54.0 Å². The van der Waals surface area contributed by atoms with Crippen LogP contribution in [-0.2, 0) is 6.54 Å². The number of hydrogen-bond acceptors (Lipinski definition) is 2. The largest absolute Gasteiger partial charge is 0.309 e. The minimum absolute atomic E-state index is 0.408. The van der Waals surface area contributed by atoms with Crippen LogP contribution in [0.15, 0.2) is 10.7 Å². The van der Waals surface area contributed by atoms with E-state index >= 15 is 0 Å². The summed E-state index contributed by atoms with van der Waals surface area (Å²) >= 11 is 3.51. The Balaban J connectivity index is 2.77. The van der Waals surface area contributed by atoms with Crippen molar-refractivity contribution < 1.29 is 0 Å². The molecule has 0 unspecified atom stereocenters. The molecule has 1 heterocycles. The lowest BCUT2D eigenvalue weighted by molar-refractivity contribution is 0.482. The maximum absolute atomic E-state index is 4.32. The Labute approximate surface area is 94.0 Å². The minimum atomic E-state index is 0.408. The van der Waals surface area contributed by atoms with Gasteiger partial charge in [0.1, 0.15) is 0 Å². The lowest BCUT2D eigenvalue weighted by Crippen LogP contribution is -2.24. The van der Waals surface area contributed by atoms with E-state index in [4.69, 9.17) is 0 Å². The van der Waals surface area contributed by atoms with Crippen LogP contribution in [0.3, 0.4) is 0 Å². The van der Waals surface area contributed by atoms with Crippen molar-refractivity contribution in [2.45, 2.75) is 46.3 Å². The van der Waals surface area contributed by atoms with E-state index in [0.717, 1.165) is 11.0 Å². The highest BCUT2D eigenvalue weighted by molar-refractivity contribution is 9.10. The molecule has 80 valence electrons. The average Bonchev–Trinajstić information content (AvgIpc) is 2.43. The van der Waals surface area contributed by atoms with Gasteiger partial charge >= 0.3 is 0 Å². The van der Waals surface area contributed by atoms with E-state index in [1.807, 2.05) is 10.9 Å². The van der Waals surface area contributed by atoms with Crippen LogP contribution in [0.25, 0.3) is 0 Å². The van der Waals surface area contributed by atoms with Gasteiger partial charge in [-0.15, -0.1) is 0 Å². The number of aromatic nitrogens is 2. The Bertz CT molecular complexity index is 292. The van der Waals surface area contributed by atoms with E-state index in [1.165, 1.54) is 5.69 Å². The van der Waals surface area contributed by atoms with Crippen LogP contribution in [0, 0.1) is 0 Å². The van der Waals surface area contributed by atoms with Gasteiger partial charge in [0.15, 0.2) is 0 Å². The van der Waals surface area contributed by atoms with Gasteiger partial charge < -0.3 is 5.32 Å². The fourth-order valence-corrected chi connectivity index (χ4v) is 1.69. The molecule has 1 aromatic rings. The number of nitrogens with one attached hydrogen (secondary N) is 1. The number of rotatable bonds is 4. The zero-order valence-electron chi connectivity index (χ0n) is 9.21. The molecule has 3 nitrogen and oxygen atoms in total. The van der Waals surface area contributed by atoms with Crippen molar-refractivity contribution in [1.82, 2.24) is 15.1 Å².